The standard InChI is InChI=1S/C27H26F2N8O3/c1-16-10-17(4-5-20(16)39-18-6-9-37-22(11-18)32-15-34-37)35-25-23-19(31-14-33-25)12-30-26(38-3)24(23)40-21-7-8-36(2)13-27(21,28)29/h4-6,9-12,14-15,21H,7-8,13H2,1-3H3,(H,31,33,35)/t21-/m0/s1. The van der Waals surface area contributed by atoms with Gasteiger partial charge in [-0.3, -0.25) is 0 Å². The summed E-state index contributed by atoms with van der Waals surface area (Å²) in [7, 11) is 3.07. The predicted octanol–water partition coefficient (Wildman–Crippen LogP) is 4.64. The third-order valence-electron chi connectivity index (χ3n) is 6.70. The van der Waals surface area contributed by atoms with E-state index in [-0.39, 0.29) is 18.1 Å². The molecule has 0 aliphatic carbocycles. The molecule has 5 heterocycles. The van der Waals surface area contributed by atoms with Crippen molar-refractivity contribution in [2.75, 3.05) is 32.6 Å². The van der Waals surface area contributed by atoms with Crippen LogP contribution in [0.3, 0.4) is 0 Å². The lowest BCUT2D eigenvalue weighted by Crippen LogP contribution is -2.52. The highest BCUT2D eigenvalue weighted by Crippen LogP contribution is 2.41. The van der Waals surface area contributed by atoms with Crippen LogP contribution in [0.5, 0.6) is 23.1 Å². The van der Waals surface area contributed by atoms with E-state index in [1.54, 1.807) is 34.8 Å². The number of piperidine rings is 1. The van der Waals surface area contributed by atoms with Gasteiger partial charge in [-0.15, -0.1) is 0 Å². The predicted molar refractivity (Wildman–Crippen MR) is 143 cm³/mol. The van der Waals surface area contributed by atoms with Crippen molar-refractivity contribution in [3.8, 4) is 23.1 Å². The number of anilines is 2. The summed E-state index contributed by atoms with van der Waals surface area (Å²) in [6, 6.07) is 9.15. The lowest BCUT2D eigenvalue weighted by atomic mass is 10.0. The molecule has 0 saturated carbocycles. The minimum Gasteiger partial charge on any atom is -0.478 e. The number of aromatic nitrogens is 6. The van der Waals surface area contributed by atoms with E-state index in [0.717, 1.165) is 5.56 Å². The number of alkyl halides is 2. The molecule has 4 aromatic heterocycles. The van der Waals surface area contributed by atoms with Crippen LogP contribution in [0.4, 0.5) is 20.3 Å². The molecule has 11 nitrogen and oxygen atoms in total. The molecular formula is C27H26F2N8O3. The van der Waals surface area contributed by atoms with Gasteiger partial charge in [0.15, 0.2) is 17.5 Å². The summed E-state index contributed by atoms with van der Waals surface area (Å²) in [6.07, 6.45) is 4.90. The number of nitrogens with one attached hydrogen (secondary N) is 1. The van der Waals surface area contributed by atoms with Crippen molar-refractivity contribution in [2.45, 2.75) is 25.4 Å². The van der Waals surface area contributed by atoms with Crippen LogP contribution in [-0.2, 0) is 0 Å². The highest BCUT2D eigenvalue weighted by atomic mass is 19.3. The maximum absolute atomic E-state index is 14.9. The molecule has 0 spiro atoms. The van der Waals surface area contributed by atoms with E-state index >= 15 is 0 Å². The van der Waals surface area contributed by atoms with Gasteiger partial charge < -0.3 is 24.4 Å². The first-order chi connectivity index (χ1) is 19.3. The third-order valence-corrected chi connectivity index (χ3v) is 6.70. The summed E-state index contributed by atoms with van der Waals surface area (Å²) in [5.41, 5.74) is 2.64. The van der Waals surface area contributed by atoms with E-state index in [0.29, 0.717) is 46.1 Å². The highest BCUT2D eigenvalue weighted by molar-refractivity contribution is 5.96. The van der Waals surface area contributed by atoms with Crippen LogP contribution in [-0.4, -0.2) is 73.7 Å². The number of halogens is 2. The van der Waals surface area contributed by atoms with E-state index in [1.165, 1.54) is 26.0 Å². The molecule has 6 rings (SSSR count). The van der Waals surface area contributed by atoms with Gasteiger partial charge in [0, 0.05) is 30.9 Å². The Labute approximate surface area is 227 Å². The van der Waals surface area contributed by atoms with E-state index < -0.39 is 18.6 Å². The van der Waals surface area contributed by atoms with Crippen LogP contribution >= 0.6 is 0 Å². The van der Waals surface area contributed by atoms with E-state index in [9.17, 15) is 8.78 Å². The fourth-order valence-electron chi connectivity index (χ4n) is 4.70. The van der Waals surface area contributed by atoms with Crippen molar-refractivity contribution in [2.24, 2.45) is 0 Å². The van der Waals surface area contributed by atoms with Gasteiger partial charge >= 0.3 is 0 Å². The van der Waals surface area contributed by atoms with Crippen LogP contribution in [0.1, 0.15) is 12.0 Å². The molecule has 1 saturated heterocycles. The summed E-state index contributed by atoms with van der Waals surface area (Å²) in [4.78, 5) is 18.7. The summed E-state index contributed by atoms with van der Waals surface area (Å²) in [5.74, 6) is -1.28. The summed E-state index contributed by atoms with van der Waals surface area (Å²) >= 11 is 0. The maximum Gasteiger partial charge on any atom is 0.296 e. The quantitative estimate of drug-likeness (QED) is 0.309. The number of hydrogen-bond donors (Lipinski definition) is 1. The molecule has 206 valence electrons. The van der Waals surface area contributed by atoms with Gasteiger partial charge in [-0.25, -0.2) is 33.2 Å². The number of benzene rings is 1. The van der Waals surface area contributed by atoms with Crippen molar-refractivity contribution < 1.29 is 23.0 Å². The summed E-state index contributed by atoms with van der Waals surface area (Å²) in [5, 5.41) is 7.75. The Morgan fingerprint density at radius 1 is 1.07 bits per heavy atom. The number of likely N-dealkylation sites (tertiary alicyclic amines) is 1. The smallest absolute Gasteiger partial charge is 0.296 e. The topological polar surface area (TPSA) is 112 Å². The molecule has 1 aliphatic rings. The molecule has 5 aromatic rings. The number of pyridine rings is 2. The van der Waals surface area contributed by atoms with Crippen molar-refractivity contribution >= 4 is 28.1 Å². The Hall–Kier alpha value is -4.65. The molecule has 0 radical (unpaired) electrons. The zero-order valence-electron chi connectivity index (χ0n) is 22.0. The normalized spacial score (nSPS) is 17.2. The Kier molecular flexibility index (Phi) is 6.50. The molecule has 1 fully saturated rings. The zero-order valence-corrected chi connectivity index (χ0v) is 22.0. The second kappa shape index (κ2) is 10.2. The molecule has 0 unspecified atom stereocenters. The fraction of sp³-hybridized carbons (Fsp3) is 0.296. The van der Waals surface area contributed by atoms with Gasteiger partial charge in [-0.2, -0.15) is 5.10 Å². The number of fused-ring (bicyclic) bond motifs is 2. The minimum absolute atomic E-state index is 0.0675. The van der Waals surface area contributed by atoms with Gasteiger partial charge in [-0.1, -0.05) is 0 Å². The number of methoxy groups -OCH3 is 1. The Balaban J connectivity index is 1.31. The van der Waals surface area contributed by atoms with Gasteiger partial charge in [0.1, 0.15) is 30.0 Å². The number of ether oxygens (including phenoxy) is 3. The summed E-state index contributed by atoms with van der Waals surface area (Å²) in [6.45, 7) is 1.99. The van der Waals surface area contributed by atoms with Crippen molar-refractivity contribution in [1.29, 1.82) is 0 Å². The second-order valence-electron chi connectivity index (χ2n) is 9.61. The van der Waals surface area contributed by atoms with Gasteiger partial charge in [0.25, 0.3) is 11.8 Å². The third kappa shape index (κ3) is 4.91. The summed E-state index contributed by atoms with van der Waals surface area (Å²) < 4.78 is 48.9. The SMILES string of the molecule is COc1ncc2ncnc(Nc3ccc(Oc4ccn5ncnc5c4)c(C)c3)c2c1O[C@H]1CCN(C)CC1(F)F. The average molecular weight is 549 g/mol. The maximum atomic E-state index is 14.9. The molecular weight excluding hydrogens is 522 g/mol. The van der Waals surface area contributed by atoms with Crippen molar-refractivity contribution in [1.82, 2.24) is 34.4 Å². The van der Waals surface area contributed by atoms with E-state index in [4.69, 9.17) is 14.2 Å². The van der Waals surface area contributed by atoms with Crippen LogP contribution in [0.15, 0.2) is 55.4 Å². The molecule has 1 atom stereocenters. The molecule has 0 amide bonds. The minimum atomic E-state index is -3.06. The highest BCUT2D eigenvalue weighted by Gasteiger charge is 2.46. The zero-order chi connectivity index (χ0) is 27.9. The average Bonchev–Trinajstić information content (AvgIpc) is 3.39. The molecule has 1 aliphatic heterocycles. The van der Waals surface area contributed by atoms with Crippen LogP contribution in [0, 0.1) is 6.92 Å². The first-order valence-corrected chi connectivity index (χ1v) is 12.6. The lowest BCUT2D eigenvalue weighted by Gasteiger charge is -2.36. The van der Waals surface area contributed by atoms with Crippen LogP contribution < -0.4 is 19.5 Å². The largest absolute Gasteiger partial charge is 0.478 e. The molecule has 1 N–H and O–H groups in total. The molecule has 0 bridgehead atoms. The second-order valence-corrected chi connectivity index (χ2v) is 9.61. The Morgan fingerprint density at radius 2 is 1.95 bits per heavy atom. The Bertz CT molecular complexity index is 1700. The molecule has 1 aromatic carbocycles. The number of hydrogen-bond acceptors (Lipinski definition) is 10. The van der Waals surface area contributed by atoms with Gasteiger partial charge in [-0.05, 0) is 43.8 Å². The van der Waals surface area contributed by atoms with E-state index in [2.05, 4.69) is 30.4 Å². The van der Waals surface area contributed by atoms with Crippen LogP contribution in [0.2, 0.25) is 0 Å². The Morgan fingerprint density at radius 3 is 2.75 bits per heavy atom. The first-order valence-electron chi connectivity index (χ1n) is 12.6. The fourth-order valence-corrected chi connectivity index (χ4v) is 4.70. The first kappa shape index (κ1) is 25.6. The molecule has 40 heavy (non-hydrogen) atoms. The molecule has 13 heteroatoms. The lowest BCUT2D eigenvalue weighted by molar-refractivity contribution is -0.135. The van der Waals surface area contributed by atoms with Crippen molar-refractivity contribution in [3.05, 3.63) is 60.9 Å². The van der Waals surface area contributed by atoms with Crippen LogP contribution in [0.25, 0.3) is 16.6 Å². The monoisotopic (exact) mass is 548 g/mol. The van der Waals surface area contributed by atoms with Gasteiger partial charge in [0.05, 0.1) is 30.8 Å². The van der Waals surface area contributed by atoms with Crippen molar-refractivity contribution in [3.63, 3.8) is 0 Å². The number of rotatable bonds is 7. The van der Waals surface area contributed by atoms with E-state index in [1.807, 2.05) is 25.1 Å². The van der Waals surface area contributed by atoms with Gasteiger partial charge in [0.2, 0.25) is 0 Å². The number of nitrogens with zero attached hydrogens (tertiary/aromatic N) is 7. The number of aryl methyl sites for hydroxylation is 1.